The summed E-state index contributed by atoms with van der Waals surface area (Å²) in [5.41, 5.74) is 15.0. The number of fused-ring (bicyclic) bond motifs is 7. The van der Waals surface area contributed by atoms with Crippen LogP contribution in [0.3, 0.4) is 0 Å². The number of hydrogen-bond donors (Lipinski definition) is 0. The highest BCUT2D eigenvalue weighted by atomic mass is 16.3. The Morgan fingerprint density at radius 2 is 1.13 bits per heavy atom. The first-order chi connectivity index (χ1) is 19.3. The van der Waals surface area contributed by atoms with E-state index in [9.17, 15) is 0 Å². The minimum Gasteiger partial charge on any atom is -0.456 e. The van der Waals surface area contributed by atoms with Crippen molar-refractivity contribution in [2.45, 2.75) is 12.8 Å². The average Bonchev–Trinajstić information content (AvgIpc) is 3.53. The highest BCUT2D eigenvalue weighted by molar-refractivity contribution is 6.19. The molecule has 0 N–H and O–H groups in total. The zero-order valence-electron chi connectivity index (χ0n) is 21.4. The first kappa shape index (κ1) is 21.1. The lowest BCUT2D eigenvalue weighted by atomic mass is 9.89. The van der Waals surface area contributed by atoms with Crippen molar-refractivity contribution in [3.63, 3.8) is 0 Å². The molecule has 6 aromatic carbocycles. The Hall–Kier alpha value is -4.88. The van der Waals surface area contributed by atoms with E-state index < -0.39 is 0 Å². The Kier molecular flexibility index (Phi) is 4.23. The molecular formula is C38H24O. The van der Waals surface area contributed by atoms with E-state index in [2.05, 4.69) is 121 Å². The number of aryl methyl sites for hydroxylation is 1. The van der Waals surface area contributed by atoms with Gasteiger partial charge in [-0.15, -0.1) is 0 Å². The van der Waals surface area contributed by atoms with Crippen LogP contribution in [0.2, 0.25) is 0 Å². The van der Waals surface area contributed by atoms with Gasteiger partial charge in [-0.05, 0) is 104 Å². The molecule has 0 amide bonds. The van der Waals surface area contributed by atoms with Crippen LogP contribution in [-0.2, 0) is 6.42 Å². The topological polar surface area (TPSA) is 13.1 Å². The van der Waals surface area contributed by atoms with Gasteiger partial charge in [0.05, 0.1) is 0 Å². The second kappa shape index (κ2) is 7.82. The summed E-state index contributed by atoms with van der Waals surface area (Å²) in [6.07, 6.45) is 6.81. The highest BCUT2D eigenvalue weighted by Gasteiger charge is 2.22. The highest BCUT2D eigenvalue weighted by Crippen LogP contribution is 2.49. The van der Waals surface area contributed by atoms with Crippen molar-refractivity contribution in [2.24, 2.45) is 0 Å². The molecule has 9 rings (SSSR count). The summed E-state index contributed by atoms with van der Waals surface area (Å²) in [6.45, 7) is 0. The van der Waals surface area contributed by atoms with Crippen molar-refractivity contribution in [1.29, 1.82) is 0 Å². The van der Waals surface area contributed by atoms with Gasteiger partial charge in [-0.25, -0.2) is 0 Å². The van der Waals surface area contributed by atoms with Crippen LogP contribution in [-0.4, -0.2) is 0 Å². The van der Waals surface area contributed by atoms with E-state index in [1.165, 1.54) is 71.8 Å². The van der Waals surface area contributed by atoms with E-state index in [0.29, 0.717) is 0 Å². The standard InChI is InChI=1S/C38H24O/c1-2-9-26-23(7-1)8-5-12-27(26)24-15-19-36-34(21-24)35-22-25(16-20-37(35)39-36)28-17-18-33-30-11-4-3-10-29(30)32-14-6-13-31(28)38(32)33/h2-6,8-22H,1,7H2. The van der Waals surface area contributed by atoms with Crippen molar-refractivity contribution >= 4 is 38.8 Å². The molecular weight excluding hydrogens is 472 g/mol. The fourth-order valence-corrected chi connectivity index (χ4v) is 6.89. The van der Waals surface area contributed by atoms with E-state index in [-0.39, 0.29) is 0 Å². The molecule has 39 heavy (non-hydrogen) atoms. The summed E-state index contributed by atoms with van der Waals surface area (Å²) in [5.74, 6) is 0. The minimum atomic E-state index is 0.930. The van der Waals surface area contributed by atoms with Crippen molar-refractivity contribution in [1.82, 2.24) is 0 Å². The predicted octanol–water partition coefficient (Wildman–Crippen LogP) is 10.7. The summed E-state index contributed by atoms with van der Waals surface area (Å²) in [4.78, 5) is 0. The van der Waals surface area contributed by atoms with Gasteiger partial charge in [-0.1, -0.05) is 97.1 Å². The summed E-state index contributed by atoms with van der Waals surface area (Å²) in [6, 6.07) is 40.1. The number of hydrogen-bond acceptors (Lipinski definition) is 1. The number of furan rings is 1. The summed E-state index contributed by atoms with van der Waals surface area (Å²) in [7, 11) is 0. The van der Waals surface area contributed by atoms with Gasteiger partial charge in [0.25, 0.3) is 0 Å². The van der Waals surface area contributed by atoms with Crippen LogP contribution in [0.1, 0.15) is 17.5 Å². The van der Waals surface area contributed by atoms with Gasteiger partial charge in [-0.3, -0.25) is 0 Å². The molecule has 0 atom stereocenters. The van der Waals surface area contributed by atoms with Crippen LogP contribution in [0.5, 0.6) is 0 Å². The Balaban J connectivity index is 1.24. The maximum Gasteiger partial charge on any atom is 0.135 e. The molecule has 0 saturated heterocycles. The third-order valence-electron chi connectivity index (χ3n) is 8.70. The zero-order chi connectivity index (χ0) is 25.5. The van der Waals surface area contributed by atoms with Crippen molar-refractivity contribution in [2.75, 3.05) is 0 Å². The fourth-order valence-electron chi connectivity index (χ4n) is 6.89. The molecule has 0 saturated carbocycles. The second-order valence-electron chi connectivity index (χ2n) is 10.8. The minimum absolute atomic E-state index is 0.930. The van der Waals surface area contributed by atoms with Gasteiger partial charge in [0.2, 0.25) is 0 Å². The molecule has 0 unspecified atom stereocenters. The maximum atomic E-state index is 6.31. The first-order valence-electron chi connectivity index (χ1n) is 13.7. The predicted molar refractivity (Wildman–Crippen MR) is 164 cm³/mol. The third-order valence-corrected chi connectivity index (χ3v) is 8.70. The lowest BCUT2D eigenvalue weighted by molar-refractivity contribution is 0.669. The monoisotopic (exact) mass is 496 g/mol. The summed E-state index contributed by atoms with van der Waals surface area (Å²) < 4.78 is 6.31. The molecule has 0 aliphatic heterocycles. The molecule has 2 aliphatic carbocycles. The number of allylic oxidation sites excluding steroid dienone is 1. The quantitative estimate of drug-likeness (QED) is 0.232. The van der Waals surface area contributed by atoms with Crippen molar-refractivity contribution < 1.29 is 4.42 Å². The molecule has 0 spiro atoms. The Labute approximate surface area is 226 Å². The molecule has 0 radical (unpaired) electrons. The molecule has 182 valence electrons. The number of rotatable bonds is 2. The smallest absolute Gasteiger partial charge is 0.135 e. The lowest BCUT2D eigenvalue weighted by Gasteiger charge is -2.15. The van der Waals surface area contributed by atoms with Gasteiger partial charge in [-0.2, -0.15) is 0 Å². The van der Waals surface area contributed by atoms with Gasteiger partial charge < -0.3 is 4.42 Å². The maximum absolute atomic E-state index is 6.31. The SMILES string of the molecule is C1=Cc2c(cccc2-c2ccc3oc4ccc(-c5ccc6c7c(cccc57)-c5ccccc5-6)cc4c3c2)CC1. The third kappa shape index (κ3) is 2.96. The molecule has 7 aromatic rings. The van der Waals surface area contributed by atoms with E-state index in [0.717, 1.165) is 29.4 Å². The molecule has 0 bridgehead atoms. The molecule has 1 heterocycles. The summed E-state index contributed by atoms with van der Waals surface area (Å²) >= 11 is 0. The molecule has 2 aliphatic rings. The van der Waals surface area contributed by atoms with Gasteiger partial charge in [0.1, 0.15) is 11.2 Å². The molecule has 1 heteroatoms. The Bertz CT molecular complexity index is 2140. The van der Waals surface area contributed by atoms with Crippen LogP contribution in [0, 0.1) is 0 Å². The second-order valence-corrected chi connectivity index (χ2v) is 10.8. The summed E-state index contributed by atoms with van der Waals surface area (Å²) in [5, 5.41) is 4.99. The first-order valence-corrected chi connectivity index (χ1v) is 13.7. The zero-order valence-corrected chi connectivity index (χ0v) is 21.4. The van der Waals surface area contributed by atoms with E-state index in [1.54, 1.807) is 0 Å². The van der Waals surface area contributed by atoms with Crippen LogP contribution in [0.25, 0.3) is 83.3 Å². The van der Waals surface area contributed by atoms with Crippen LogP contribution in [0.15, 0.2) is 120 Å². The van der Waals surface area contributed by atoms with Gasteiger partial charge in [0.15, 0.2) is 0 Å². The molecule has 1 nitrogen and oxygen atoms in total. The van der Waals surface area contributed by atoms with E-state index in [4.69, 9.17) is 4.42 Å². The Morgan fingerprint density at radius 1 is 0.487 bits per heavy atom. The Morgan fingerprint density at radius 3 is 1.92 bits per heavy atom. The largest absolute Gasteiger partial charge is 0.456 e. The van der Waals surface area contributed by atoms with Gasteiger partial charge >= 0.3 is 0 Å². The van der Waals surface area contributed by atoms with Crippen molar-refractivity contribution in [3.8, 4) is 44.5 Å². The van der Waals surface area contributed by atoms with Crippen LogP contribution < -0.4 is 0 Å². The van der Waals surface area contributed by atoms with E-state index in [1.807, 2.05) is 0 Å². The lowest BCUT2D eigenvalue weighted by Crippen LogP contribution is -1.96. The van der Waals surface area contributed by atoms with E-state index >= 15 is 0 Å². The normalized spacial score (nSPS) is 13.3. The average molecular weight is 497 g/mol. The van der Waals surface area contributed by atoms with Crippen molar-refractivity contribution in [3.05, 3.63) is 126 Å². The molecule has 0 fully saturated rings. The fraction of sp³-hybridized carbons (Fsp3) is 0.0526. The van der Waals surface area contributed by atoms with Crippen LogP contribution >= 0.6 is 0 Å². The van der Waals surface area contributed by atoms with Crippen LogP contribution in [0.4, 0.5) is 0 Å². The van der Waals surface area contributed by atoms with Gasteiger partial charge in [0, 0.05) is 10.8 Å². The molecule has 1 aromatic heterocycles. The number of benzene rings is 6.